The van der Waals surface area contributed by atoms with Crippen molar-refractivity contribution in [1.29, 1.82) is 0 Å². The molecular weight excluding hydrogens is 368 g/mol. The minimum absolute atomic E-state index is 0.146. The van der Waals surface area contributed by atoms with Gasteiger partial charge < -0.3 is 10.4 Å². The average molecular weight is 390 g/mol. The first-order valence-electron chi connectivity index (χ1n) is 8.82. The van der Waals surface area contributed by atoms with E-state index in [4.69, 9.17) is 5.11 Å². The van der Waals surface area contributed by atoms with Crippen molar-refractivity contribution >= 4 is 38.4 Å². The van der Waals surface area contributed by atoms with Crippen LogP contribution >= 0.6 is 0 Å². The van der Waals surface area contributed by atoms with Crippen LogP contribution in [0.5, 0.6) is 0 Å². The van der Waals surface area contributed by atoms with Crippen LogP contribution in [0.4, 0.5) is 5.69 Å². The second kappa shape index (κ2) is 7.66. The van der Waals surface area contributed by atoms with Crippen LogP contribution < -0.4 is 10.0 Å². The Hall–Kier alpha value is -2.45. The lowest BCUT2D eigenvalue weighted by Gasteiger charge is -2.26. The molecule has 3 N–H and O–H groups in total. The molecule has 0 aromatic heterocycles. The van der Waals surface area contributed by atoms with Crippen molar-refractivity contribution < 1.29 is 23.1 Å². The molecule has 8 heteroatoms. The maximum atomic E-state index is 12.9. The molecule has 144 valence electrons. The highest BCUT2D eigenvalue weighted by Crippen LogP contribution is 2.31. The van der Waals surface area contributed by atoms with E-state index in [1.807, 2.05) is 0 Å². The Kier molecular flexibility index (Phi) is 5.48. The van der Waals surface area contributed by atoms with E-state index in [0.717, 1.165) is 0 Å². The van der Waals surface area contributed by atoms with E-state index < -0.39 is 21.9 Å². The largest absolute Gasteiger partial charge is 0.481 e. The van der Waals surface area contributed by atoms with Gasteiger partial charge in [0.1, 0.15) is 0 Å². The lowest BCUT2D eigenvalue weighted by molar-refractivity contribution is -0.142. The highest BCUT2D eigenvalue weighted by Gasteiger charge is 2.29. The molecule has 0 unspecified atom stereocenters. The standard InChI is InChI=1S/C19H22N2O5S/c1-12(22)20-17-10-11-18(16-5-3-2-4-15(16)17)27(25,26)21-14-8-6-13(7-9-14)19(23)24/h2-5,10-11,13-14,21H,6-9H2,1H3,(H,20,22)(H,23,24). The summed E-state index contributed by atoms with van der Waals surface area (Å²) >= 11 is 0. The van der Waals surface area contributed by atoms with Crippen LogP contribution in [0.3, 0.4) is 0 Å². The van der Waals surface area contributed by atoms with Crippen LogP contribution in [0.2, 0.25) is 0 Å². The van der Waals surface area contributed by atoms with Crippen molar-refractivity contribution in [3.63, 3.8) is 0 Å². The summed E-state index contributed by atoms with van der Waals surface area (Å²) in [5, 5.41) is 13.0. The minimum atomic E-state index is -3.78. The third-order valence-electron chi connectivity index (χ3n) is 4.88. The highest BCUT2D eigenvalue weighted by atomic mass is 32.2. The molecule has 0 radical (unpaired) electrons. The van der Waals surface area contributed by atoms with Gasteiger partial charge in [-0.1, -0.05) is 24.3 Å². The van der Waals surface area contributed by atoms with Gasteiger partial charge in [-0.2, -0.15) is 0 Å². The second-order valence-electron chi connectivity index (χ2n) is 6.85. The molecule has 0 heterocycles. The number of nitrogens with one attached hydrogen (secondary N) is 2. The Morgan fingerprint density at radius 1 is 1.00 bits per heavy atom. The smallest absolute Gasteiger partial charge is 0.306 e. The fourth-order valence-corrected chi connectivity index (χ4v) is 5.06. The summed E-state index contributed by atoms with van der Waals surface area (Å²) in [5.41, 5.74) is 0.555. The van der Waals surface area contributed by atoms with Crippen LogP contribution in [0, 0.1) is 5.92 Å². The number of rotatable bonds is 5. The normalized spacial score (nSPS) is 20.3. The molecule has 7 nitrogen and oxygen atoms in total. The molecule has 3 rings (SSSR count). The fourth-order valence-electron chi connectivity index (χ4n) is 3.55. The van der Waals surface area contributed by atoms with Crippen molar-refractivity contribution in [2.24, 2.45) is 5.92 Å². The molecule has 1 aliphatic carbocycles. The lowest BCUT2D eigenvalue weighted by Crippen LogP contribution is -2.38. The van der Waals surface area contributed by atoms with Crippen LogP contribution in [-0.2, 0) is 19.6 Å². The molecule has 1 amide bonds. The highest BCUT2D eigenvalue weighted by molar-refractivity contribution is 7.89. The number of carboxylic acids is 1. The lowest BCUT2D eigenvalue weighted by atomic mass is 9.87. The van der Waals surface area contributed by atoms with Crippen molar-refractivity contribution in [3.8, 4) is 0 Å². The summed E-state index contributed by atoms with van der Waals surface area (Å²) in [5.74, 6) is -1.46. The molecule has 1 fully saturated rings. The molecule has 0 aliphatic heterocycles. The third kappa shape index (κ3) is 4.28. The number of benzene rings is 2. The Bertz CT molecular complexity index is 979. The number of anilines is 1. The number of aliphatic carboxylic acids is 1. The molecule has 2 aromatic carbocycles. The van der Waals surface area contributed by atoms with Gasteiger partial charge >= 0.3 is 5.97 Å². The SMILES string of the molecule is CC(=O)Nc1ccc(S(=O)(=O)NC2CCC(C(=O)O)CC2)c2ccccc12. The van der Waals surface area contributed by atoms with Gasteiger partial charge in [-0.05, 0) is 37.8 Å². The number of fused-ring (bicyclic) bond motifs is 1. The summed E-state index contributed by atoms with van der Waals surface area (Å²) in [4.78, 5) is 22.6. The van der Waals surface area contributed by atoms with E-state index in [0.29, 0.717) is 42.1 Å². The van der Waals surface area contributed by atoms with Gasteiger partial charge in [0, 0.05) is 29.4 Å². The van der Waals surface area contributed by atoms with E-state index >= 15 is 0 Å². The molecule has 0 atom stereocenters. The molecule has 27 heavy (non-hydrogen) atoms. The number of hydrogen-bond donors (Lipinski definition) is 3. The quantitative estimate of drug-likeness (QED) is 0.727. The van der Waals surface area contributed by atoms with Gasteiger partial charge in [0.15, 0.2) is 0 Å². The topological polar surface area (TPSA) is 113 Å². The average Bonchev–Trinajstić information content (AvgIpc) is 2.61. The predicted molar refractivity (Wildman–Crippen MR) is 102 cm³/mol. The van der Waals surface area contributed by atoms with Gasteiger partial charge in [-0.3, -0.25) is 9.59 Å². The molecule has 0 spiro atoms. The van der Waals surface area contributed by atoms with Gasteiger partial charge in [0.2, 0.25) is 15.9 Å². The van der Waals surface area contributed by atoms with E-state index in [-0.39, 0.29) is 16.8 Å². The van der Waals surface area contributed by atoms with Crippen LogP contribution in [0.1, 0.15) is 32.6 Å². The number of sulfonamides is 1. The zero-order valence-electron chi connectivity index (χ0n) is 14.9. The molecule has 0 bridgehead atoms. The van der Waals surface area contributed by atoms with Gasteiger partial charge in [-0.15, -0.1) is 0 Å². The minimum Gasteiger partial charge on any atom is -0.481 e. The summed E-state index contributed by atoms with van der Waals surface area (Å²) in [6.07, 6.45) is 1.92. The molecular formula is C19H22N2O5S. The summed E-state index contributed by atoms with van der Waals surface area (Å²) in [6.45, 7) is 1.40. The zero-order chi connectivity index (χ0) is 19.6. The Balaban J connectivity index is 1.88. The predicted octanol–water partition coefficient (Wildman–Crippen LogP) is 2.72. The maximum Gasteiger partial charge on any atom is 0.306 e. The van der Waals surface area contributed by atoms with Crippen molar-refractivity contribution in [1.82, 2.24) is 4.72 Å². The van der Waals surface area contributed by atoms with E-state index in [2.05, 4.69) is 10.0 Å². The number of hydrogen-bond acceptors (Lipinski definition) is 4. The van der Waals surface area contributed by atoms with Crippen LogP contribution in [0.25, 0.3) is 10.8 Å². The first-order valence-corrected chi connectivity index (χ1v) is 10.3. The summed E-state index contributed by atoms with van der Waals surface area (Å²) < 4.78 is 28.6. The summed E-state index contributed by atoms with van der Waals surface area (Å²) in [6, 6.07) is 9.79. The fraction of sp³-hybridized carbons (Fsp3) is 0.368. The van der Waals surface area contributed by atoms with E-state index in [1.54, 1.807) is 30.3 Å². The van der Waals surface area contributed by atoms with Crippen molar-refractivity contribution in [3.05, 3.63) is 36.4 Å². The number of carboxylic acid groups (broad SMARTS) is 1. The van der Waals surface area contributed by atoms with Gasteiger partial charge in [0.05, 0.1) is 10.8 Å². The molecule has 2 aromatic rings. The second-order valence-corrected chi connectivity index (χ2v) is 8.53. The Morgan fingerprint density at radius 3 is 2.22 bits per heavy atom. The first kappa shape index (κ1) is 19.3. The van der Waals surface area contributed by atoms with Crippen LogP contribution in [-0.4, -0.2) is 31.4 Å². The molecule has 0 saturated heterocycles. The molecule has 1 saturated carbocycles. The monoisotopic (exact) mass is 390 g/mol. The van der Waals surface area contributed by atoms with Crippen molar-refractivity contribution in [2.45, 2.75) is 43.5 Å². The number of carbonyl (C=O) groups is 2. The summed E-state index contributed by atoms with van der Waals surface area (Å²) in [7, 11) is -3.78. The van der Waals surface area contributed by atoms with Gasteiger partial charge in [0.25, 0.3) is 0 Å². The van der Waals surface area contributed by atoms with Crippen LogP contribution in [0.15, 0.2) is 41.3 Å². The number of carbonyl (C=O) groups excluding carboxylic acids is 1. The van der Waals surface area contributed by atoms with Gasteiger partial charge in [-0.25, -0.2) is 13.1 Å². The van der Waals surface area contributed by atoms with E-state index in [1.165, 1.54) is 13.0 Å². The van der Waals surface area contributed by atoms with Crippen molar-refractivity contribution in [2.75, 3.05) is 5.32 Å². The number of amides is 1. The molecule has 1 aliphatic rings. The maximum absolute atomic E-state index is 12.9. The Morgan fingerprint density at radius 2 is 1.63 bits per heavy atom. The first-order chi connectivity index (χ1) is 12.8. The Labute approximate surface area is 157 Å². The zero-order valence-corrected chi connectivity index (χ0v) is 15.8. The van der Waals surface area contributed by atoms with E-state index in [9.17, 15) is 18.0 Å². The third-order valence-corrected chi connectivity index (χ3v) is 6.46.